The minimum Gasteiger partial charge on any atom is -0.399 e. The minimum absolute atomic E-state index is 0.311. The standard InChI is InChI=1S/C18H26BN3O2/c1-17(2)18(3,4)24-19(23-17)14-6-8-15(9-7-14)21-16-12-22(13-16)11-5-10-20/h6-9,16,21H,5,11-13H2,1-4H3. The molecule has 0 aliphatic carbocycles. The summed E-state index contributed by atoms with van der Waals surface area (Å²) in [5.74, 6) is 0. The molecule has 2 saturated heterocycles. The highest BCUT2D eigenvalue weighted by molar-refractivity contribution is 6.62. The van der Waals surface area contributed by atoms with Crippen LogP contribution in [-0.4, -0.2) is 48.9 Å². The maximum Gasteiger partial charge on any atom is 0.494 e. The van der Waals surface area contributed by atoms with Gasteiger partial charge in [-0.2, -0.15) is 5.26 Å². The predicted octanol–water partition coefficient (Wildman–Crippen LogP) is 2.00. The quantitative estimate of drug-likeness (QED) is 0.838. The molecule has 6 heteroatoms. The largest absolute Gasteiger partial charge is 0.494 e. The van der Waals surface area contributed by atoms with E-state index >= 15 is 0 Å². The first-order valence-corrected chi connectivity index (χ1v) is 8.62. The molecule has 2 aliphatic rings. The van der Waals surface area contributed by atoms with Crippen molar-refractivity contribution in [2.45, 2.75) is 51.4 Å². The number of nitrogens with one attached hydrogen (secondary N) is 1. The van der Waals surface area contributed by atoms with Crippen LogP contribution in [0.5, 0.6) is 0 Å². The van der Waals surface area contributed by atoms with Crippen molar-refractivity contribution in [2.24, 2.45) is 0 Å². The zero-order valence-electron chi connectivity index (χ0n) is 15.0. The summed E-state index contributed by atoms with van der Waals surface area (Å²) in [4.78, 5) is 2.29. The summed E-state index contributed by atoms with van der Waals surface area (Å²) in [6.45, 7) is 11.1. The van der Waals surface area contributed by atoms with E-state index in [2.05, 4.69) is 68.2 Å². The highest BCUT2D eigenvalue weighted by Crippen LogP contribution is 2.36. The molecule has 2 fully saturated rings. The molecule has 1 aromatic carbocycles. The van der Waals surface area contributed by atoms with Crippen molar-refractivity contribution < 1.29 is 9.31 Å². The van der Waals surface area contributed by atoms with E-state index in [4.69, 9.17) is 14.6 Å². The zero-order valence-corrected chi connectivity index (χ0v) is 15.0. The highest BCUT2D eigenvalue weighted by Gasteiger charge is 2.51. The number of likely N-dealkylation sites (tertiary alicyclic amines) is 1. The second kappa shape index (κ2) is 6.40. The maximum atomic E-state index is 8.60. The Morgan fingerprint density at radius 3 is 2.29 bits per heavy atom. The van der Waals surface area contributed by atoms with E-state index in [1.807, 2.05) is 0 Å². The molecule has 2 aliphatic heterocycles. The number of hydrogen-bond donors (Lipinski definition) is 1. The summed E-state index contributed by atoms with van der Waals surface area (Å²) in [6, 6.07) is 10.9. The molecule has 0 bridgehead atoms. The summed E-state index contributed by atoms with van der Waals surface area (Å²) in [7, 11) is -0.311. The number of benzene rings is 1. The smallest absolute Gasteiger partial charge is 0.399 e. The van der Waals surface area contributed by atoms with Crippen LogP contribution in [0, 0.1) is 11.3 Å². The normalized spacial score (nSPS) is 22.9. The Morgan fingerprint density at radius 1 is 1.17 bits per heavy atom. The van der Waals surface area contributed by atoms with Gasteiger partial charge >= 0.3 is 7.12 Å². The Hall–Kier alpha value is -1.55. The first-order valence-electron chi connectivity index (χ1n) is 8.62. The van der Waals surface area contributed by atoms with E-state index in [1.54, 1.807) is 0 Å². The fraction of sp³-hybridized carbons (Fsp3) is 0.611. The lowest BCUT2D eigenvalue weighted by Crippen LogP contribution is -2.54. The molecule has 0 atom stereocenters. The van der Waals surface area contributed by atoms with Crippen molar-refractivity contribution >= 4 is 18.3 Å². The second-order valence-electron chi connectivity index (χ2n) is 7.72. The molecule has 128 valence electrons. The lowest BCUT2D eigenvalue weighted by atomic mass is 9.79. The third-order valence-corrected chi connectivity index (χ3v) is 5.30. The van der Waals surface area contributed by atoms with Crippen LogP contribution in [0.25, 0.3) is 0 Å². The number of anilines is 1. The first-order chi connectivity index (χ1) is 11.3. The van der Waals surface area contributed by atoms with E-state index in [0.717, 1.165) is 30.8 Å². The summed E-state index contributed by atoms with van der Waals surface area (Å²) >= 11 is 0. The Kier molecular flexibility index (Phi) is 4.61. The SMILES string of the molecule is CC1(C)OB(c2ccc(NC3CN(CCC#N)C3)cc2)OC1(C)C. The van der Waals surface area contributed by atoms with Crippen LogP contribution in [0.15, 0.2) is 24.3 Å². The van der Waals surface area contributed by atoms with Crippen LogP contribution < -0.4 is 10.8 Å². The monoisotopic (exact) mass is 327 g/mol. The number of hydrogen-bond acceptors (Lipinski definition) is 5. The number of nitriles is 1. The molecule has 5 nitrogen and oxygen atoms in total. The molecular formula is C18H26BN3O2. The highest BCUT2D eigenvalue weighted by atomic mass is 16.7. The van der Waals surface area contributed by atoms with Gasteiger partial charge in [0.1, 0.15) is 0 Å². The average Bonchev–Trinajstić information content (AvgIpc) is 2.70. The van der Waals surface area contributed by atoms with Gasteiger partial charge < -0.3 is 14.6 Å². The molecule has 0 amide bonds. The summed E-state index contributed by atoms with van der Waals surface area (Å²) in [5.41, 5.74) is 1.53. The van der Waals surface area contributed by atoms with Crippen LogP contribution in [0.4, 0.5) is 5.69 Å². The molecule has 0 unspecified atom stereocenters. The molecule has 1 N–H and O–H groups in total. The average molecular weight is 327 g/mol. The van der Waals surface area contributed by atoms with E-state index in [9.17, 15) is 0 Å². The molecule has 0 spiro atoms. The van der Waals surface area contributed by atoms with Gasteiger partial charge in [0, 0.05) is 31.7 Å². The fourth-order valence-electron chi connectivity index (χ4n) is 3.00. The topological polar surface area (TPSA) is 57.5 Å². The molecule has 2 heterocycles. The van der Waals surface area contributed by atoms with Crippen LogP contribution in [0.3, 0.4) is 0 Å². The van der Waals surface area contributed by atoms with Crippen LogP contribution in [0.1, 0.15) is 34.1 Å². The second-order valence-corrected chi connectivity index (χ2v) is 7.72. The summed E-state index contributed by atoms with van der Waals surface area (Å²) in [5, 5.41) is 12.1. The minimum atomic E-state index is -0.312. The van der Waals surface area contributed by atoms with Gasteiger partial charge in [-0.15, -0.1) is 0 Å². The Balaban J connectivity index is 1.53. The Labute approximate surface area is 145 Å². The van der Waals surface area contributed by atoms with Crippen molar-refractivity contribution in [1.29, 1.82) is 5.26 Å². The Morgan fingerprint density at radius 2 is 1.75 bits per heavy atom. The summed E-state index contributed by atoms with van der Waals surface area (Å²) < 4.78 is 12.2. The summed E-state index contributed by atoms with van der Waals surface area (Å²) in [6.07, 6.45) is 0.607. The lowest BCUT2D eigenvalue weighted by molar-refractivity contribution is 0.00578. The molecular weight excluding hydrogens is 301 g/mol. The number of rotatable bonds is 5. The van der Waals surface area contributed by atoms with E-state index < -0.39 is 0 Å². The van der Waals surface area contributed by atoms with Crippen LogP contribution >= 0.6 is 0 Å². The van der Waals surface area contributed by atoms with E-state index in [-0.39, 0.29) is 18.3 Å². The van der Waals surface area contributed by atoms with Crippen LogP contribution in [0.2, 0.25) is 0 Å². The molecule has 0 aromatic heterocycles. The van der Waals surface area contributed by atoms with Gasteiger partial charge in [-0.25, -0.2) is 0 Å². The maximum absolute atomic E-state index is 8.60. The molecule has 24 heavy (non-hydrogen) atoms. The van der Waals surface area contributed by atoms with Crippen molar-refractivity contribution in [3.05, 3.63) is 24.3 Å². The van der Waals surface area contributed by atoms with Gasteiger partial charge in [-0.05, 0) is 45.3 Å². The van der Waals surface area contributed by atoms with Gasteiger partial charge in [-0.1, -0.05) is 12.1 Å². The van der Waals surface area contributed by atoms with Gasteiger partial charge in [0.05, 0.1) is 23.3 Å². The molecule has 3 rings (SSSR count). The fourth-order valence-corrected chi connectivity index (χ4v) is 3.00. The van der Waals surface area contributed by atoms with E-state index in [1.165, 1.54) is 0 Å². The van der Waals surface area contributed by atoms with Gasteiger partial charge in [-0.3, -0.25) is 4.90 Å². The van der Waals surface area contributed by atoms with Gasteiger partial charge in [0.15, 0.2) is 0 Å². The Bertz CT molecular complexity index is 602. The molecule has 1 aromatic rings. The van der Waals surface area contributed by atoms with E-state index in [0.29, 0.717) is 12.5 Å². The van der Waals surface area contributed by atoms with Crippen molar-refractivity contribution in [2.75, 3.05) is 25.0 Å². The predicted molar refractivity (Wildman–Crippen MR) is 96.2 cm³/mol. The van der Waals surface area contributed by atoms with Crippen molar-refractivity contribution in [3.63, 3.8) is 0 Å². The third kappa shape index (κ3) is 3.44. The molecule has 0 radical (unpaired) electrons. The lowest BCUT2D eigenvalue weighted by Gasteiger charge is -2.39. The van der Waals surface area contributed by atoms with Gasteiger partial charge in [0.2, 0.25) is 0 Å². The molecule has 0 saturated carbocycles. The third-order valence-electron chi connectivity index (χ3n) is 5.30. The number of nitrogens with zero attached hydrogens (tertiary/aromatic N) is 2. The zero-order chi connectivity index (χ0) is 17.4. The first kappa shape index (κ1) is 17.3. The van der Waals surface area contributed by atoms with Crippen molar-refractivity contribution in [3.8, 4) is 6.07 Å². The van der Waals surface area contributed by atoms with Crippen LogP contribution in [-0.2, 0) is 9.31 Å². The van der Waals surface area contributed by atoms with Gasteiger partial charge in [0.25, 0.3) is 0 Å². The van der Waals surface area contributed by atoms with Crippen molar-refractivity contribution in [1.82, 2.24) is 4.90 Å².